The van der Waals surface area contributed by atoms with Crippen LogP contribution in [0.1, 0.15) is 44.8 Å². The van der Waals surface area contributed by atoms with Crippen LogP contribution in [0.15, 0.2) is 54.6 Å². The number of rotatable bonds is 10. The van der Waals surface area contributed by atoms with Crippen LogP contribution in [0.25, 0.3) is 0 Å². The molecule has 1 aliphatic rings. The van der Waals surface area contributed by atoms with E-state index in [1.54, 1.807) is 68.5 Å². The van der Waals surface area contributed by atoms with Crippen molar-refractivity contribution in [1.82, 2.24) is 4.90 Å². The van der Waals surface area contributed by atoms with E-state index < -0.39 is 12.0 Å². The monoisotopic (exact) mass is 535 g/mol. The first kappa shape index (κ1) is 27.6. The lowest BCUT2D eigenvalue weighted by Crippen LogP contribution is -2.42. The summed E-state index contributed by atoms with van der Waals surface area (Å²) in [5.74, 6) is 1.99. The molecule has 0 saturated heterocycles. The molecular formula is C30H33NO8. The second-order valence-electron chi connectivity index (χ2n) is 8.77. The lowest BCUT2D eigenvalue weighted by molar-refractivity contribution is 0.0524. The molecule has 1 amide bonds. The Labute approximate surface area is 228 Å². The number of benzene rings is 3. The zero-order valence-corrected chi connectivity index (χ0v) is 22.8. The van der Waals surface area contributed by atoms with E-state index >= 15 is 0 Å². The average Bonchev–Trinajstić information content (AvgIpc) is 2.98. The third-order valence-electron chi connectivity index (χ3n) is 6.67. The van der Waals surface area contributed by atoms with Crippen LogP contribution < -0.4 is 23.7 Å². The van der Waals surface area contributed by atoms with Crippen molar-refractivity contribution in [2.75, 3.05) is 48.2 Å². The Bertz CT molecular complexity index is 1320. The van der Waals surface area contributed by atoms with Gasteiger partial charge in [0, 0.05) is 6.54 Å². The third kappa shape index (κ3) is 5.72. The van der Waals surface area contributed by atoms with Gasteiger partial charge in [0.25, 0.3) is 5.91 Å². The van der Waals surface area contributed by atoms with Crippen LogP contribution in [0.5, 0.6) is 28.7 Å². The number of hydrogen-bond acceptors (Lipinski definition) is 8. The Hall–Kier alpha value is -4.40. The van der Waals surface area contributed by atoms with Crippen LogP contribution in [0, 0.1) is 0 Å². The van der Waals surface area contributed by atoms with Gasteiger partial charge in [-0.05, 0) is 73.0 Å². The minimum absolute atomic E-state index is 0.166. The minimum Gasteiger partial charge on any atom is -0.493 e. The van der Waals surface area contributed by atoms with E-state index in [1.165, 1.54) is 14.2 Å². The number of ether oxygens (including phenoxy) is 6. The summed E-state index contributed by atoms with van der Waals surface area (Å²) in [4.78, 5) is 27.8. The molecule has 0 bridgehead atoms. The van der Waals surface area contributed by atoms with Gasteiger partial charge in [-0.1, -0.05) is 6.07 Å². The molecule has 39 heavy (non-hydrogen) atoms. The van der Waals surface area contributed by atoms with Crippen molar-refractivity contribution >= 4 is 11.9 Å². The summed E-state index contributed by atoms with van der Waals surface area (Å²) in [5.41, 5.74) is 2.77. The maximum atomic E-state index is 14.0. The fraction of sp³-hybridized carbons (Fsp3) is 0.333. The molecule has 3 aromatic carbocycles. The fourth-order valence-electron chi connectivity index (χ4n) is 4.74. The Kier molecular flexibility index (Phi) is 8.81. The molecule has 0 aromatic heterocycles. The smallest absolute Gasteiger partial charge is 0.338 e. The number of para-hydroxylation sites is 1. The van der Waals surface area contributed by atoms with Crippen molar-refractivity contribution < 1.29 is 38.0 Å². The van der Waals surface area contributed by atoms with E-state index in [-0.39, 0.29) is 12.5 Å². The second kappa shape index (κ2) is 12.4. The highest BCUT2D eigenvalue weighted by molar-refractivity contribution is 5.98. The zero-order chi connectivity index (χ0) is 27.9. The summed E-state index contributed by atoms with van der Waals surface area (Å²) in [7, 11) is 6.22. The highest BCUT2D eigenvalue weighted by atomic mass is 16.5. The molecule has 0 spiro atoms. The van der Waals surface area contributed by atoms with Crippen LogP contribution in [0.4, 0.5) is 0 Å². The second-order valence-corrected chi connectivity index (χ2v) is 8.77. The number of methoxy groups -OCH3 is 4. The third-order valence-corrected chi connectivity index (χ3v) is 6.67. The lowest BCUT2D eigenvalue weighted by atomic mass is 9.91. The molecule has 9 nitrogen and oxygen atoms in total. The molecule has 9 heteroatoms. The maximum absolute atomic E-state index is 14.0. The SMILES string of the molecule is CCOC(=O)c1ccc(OC[C@@H]2c3cc(OC)c(OC)cc3CCN2C(=O)c2cccc(OC)c2OC)cc1. The summed E-state index contributed by atoms with van der Waals surface area (Å²) in [6.45, 7) is 2.68. The zero-order valence-electron chi connectivity index (χ0n) is 22.8. The lowest BCUT2D eigenvalue weighted by Gasteiger charge is -2.38. The minimum atomic E-state index is -0.443. The van der Waals surface area contributed by atoms with E-state index in [2.05, 4.69) is 0 Å². The highest BCUT2D eigenvalue weighted by Crippen LogP contribution is 2.40. The topological polar surface area (TPSA) is 92.8 Å². The fourth-order valence-corrected chi connectivity index (χ4v) is 4.74. The van der Waals surface area contributed by atoms with Gasteiger partial charge >= 0.3 is 5.97 Å². The Balaban J connectivity index is 1.69. The predicted octanol–water partition coefficient (Wildman–Crippen LogP) is 4.72. The van der Waals surface area contributed by atoms with Gasteiger partial charge in [-0.25, -0.2) is 4.79 Å². The van der Waals surface area contributed by atoms with E-state index in [0.29, 0.717) is 59.4 Å². The van der Waals surface area contributed by atoms with Crippen molar-refractivity contribution in [2.45, 2.75) is 19.4 Å². The molecule has 0 N–H and O–H groups in total. The summed E-state index contributed by atoms with van der Waals surface area (Å²) in [6, 6.07) is 15.4. The molecule has 1 heterocycles. The van der Waals surface area contributed by atoms with E-state index in [9.17, 15) is 9.59 Å². The first-order valence-corrected chi connectivity index (χ1v) is 12.6. The number of carbonyl (C=O) groups excluding carboxylic acids is 2. The number of carbonyl (C=O) groups is 2. The molecule has 3 aromatic rings. The van der Waals surface area contributed by atoms with E-state index in [0.717, 1.165) is 11.1 Å². The molecule has 0 saturated carbocycles. The van der Waals surface area contributed by atoms with Gasteiger partial charge < -0.3 is 33.3 Å². The normalized spacial score (nSPS) is 14.2. The molecule has 1 aliphatic heterocycles. The van der Waals surface area contributed by atoms with Gasteiger partial charge in [0.1, 0.15) is 12.4 Å². The largest absolute Gasteiger partial charge is 0.493 e. The average molecular weight is 536 g/mol. The van der Waals surface area contributed by atoms with Crippen molar-refractivity contribution in [3.63, 3.8) is 0 Å². The number of fused-ring (bicyclic) bond motifs is 1. The van der Waals surface area contributed by atoms with Crippen LogP contribution in [-0.2, 0) is 11.2 Å². The molecule has 0 unspecified atom stereocenters. The summed E-state index contributed by atoms with van der Waals surface area (Å²) >= 11 is 0. The molecule has 4 rings (SSSR count). The number of nitrogens with zero attached hydrogens (tertiary/aromatic N) is 1. The van der Waals surface area contributed by atoms with Gasteiger partial charge in [-0.2, -0.15) is 0 Å². The van der Waals surface area contributed by atoms with E-state index in [1.807, 2.05) is 12.1 Å². The van der Waals surface area contributed by atoms with E-state index in [4.69, 9.17) is 28.4 Å². The van der Waals surface area contributed by atoms with Crippen molar-refractivity contribution in [3.8, 4) is 28.7 Å². The van der Waals surface area contributed by atoms with Crippen LogP contribution in [0.3, 0.4) is 0 Å². The van der Waals surface area contributed by atoms with Gasteiger partial charge in [-0.15, -0.1) is 0 Å². The quantitative estimate of drug-likeness (QED) is 0.345. The standard InChI is InChI=1S/C30H33NO8/c1-6-38-30(33)19-10-12-21(13-11-19)39-18-24-23-17-27(36-4)26(35-3)16-20(23)14-15-31(24)29(32)22-8-7-9-25(34-2)28(22)37-5/h7-13,16-17,24H,6,14-15,18H2,1-5H3/t24-/m1/s1. The molecule has 0 fully saturated rings. The summed E-state index contributed by atoms with van der Waals surface area (Å²) in [5, 5.41) is 0. The number of esters is 1. The van der Waals surface area contributed by atoms with Gasteiger partial charge in [0.2, 0.25) is 0 Å². The van der Waals surface area contributed by atoms with Crippen LogP contribution in [0.2, 0.25) is 0 Å². The van der Waals surface area contributed by atoms with Crippen molar-refractivity contribution in [1.29, 1.82) is 0 Å². The Morgan fingerprint density at radius 3 is 2.21 bits per heavy atom. The maximum Gasteiger partial charge on any atom is 0.338 e. The Morgan fingerprint density at radius 1 is 0.872 bits per heavy atom. The van der Waals surface area contributed by atoms with Crippen molar-refractivity contribution in [2.24, 2.45) is 0 Å². The highest BCUT2D eigenvalue weighted by Gasteiger charge is 2.35. The Morgan fingerprint density at radius 2 is 1.56 bits per heavy atom. The predicted molar refractivity (Wildman–Crippen MR) is 144 cm³/mol. The molecular weight excluding hydrogens is 502 g/mol. The van der Waals surface area contributed by atoms with Gasteiger partial charge in [-0.3, -0.25) is 4.79 Å². The van der Waals surface area contributed by atoms with Crippen LogP contribution in [-0.4, -0.2) is 65.0 Å². The first-order valence-electron chi connectivity index (χ1n) is 12.6. The molecule has 0 aliphatic carbocycles. The first-order chi connectivity index (χ1) is 18.9. The van der Waals surface area contributed by atoms with Gasteiger partial charge in [0.05, 0.1) is 52.2 Å². The summed E-state index contributed by atoms with van der Waals surface area (Å²) < 4.78 is 33.3. The molecule has 1 atom stereocenters. The number of amides is 1. The molecule has 206 valence electrons. The molecule has 0 radical (unpaired) electrons. The number of hydrogen-bond donors (Lipinski definition) is 0. The van der Waals surface area contributed by atoms with Crippen LogP contribution >= 0.6 is 0 Å². The summed E-state index contributed by atoms with van der Waals surface area (Å²) in [6.07, 6.45) is 0.623. The van der Waals surface area contributed by atoms with Gasteiger partial charge in [0.15, 0.2) is 23.0 Å². The van der Waals surface area contributed by atoms with Crippen molar-refractivity contribution in [3.05, 3.63) is 76.9 Å².